The summed E-state index contributed by atoms with van der Waals surface area (Å²) in [6.07, 6.45) is 7.38. The van der Waals surface area contributed by atoms with Gasteiger partial charge in [0.25, 0.3) is 5.56 Å². The molecule has 0 aromatic carbocycles. The van der Waals surface area contributed by atoms with Crippen molar-refractivity contribution in [2.24, 2.45) is 0 Å². The predicted octanol–water partition coefficient (Wildman–Crippen LogP) is 2.49. The third-order valence-electron chi connectivity index (χ3n) is 6.37. The molecule has 2 aromatic rings. The smallest absolute Gasteiger partial charge is 0.267 e. The van der Waals surface area contributed by atoms with Gasteiger partial charge in [0.2, 0.25) is 0 Å². The minimum absolute atomic E-state index is 0.0329. The Morgan fingerprint density at radius 3 is 2.68 bits per heavy atom. The van der Waals surface area contributed by atoms with E-state index in [-0.39, 0.29) is 11.6 Å². The Labute approximate surface area is 165 Å². The number of aromatic nitrogens is 4. The summed E-state index contributed by atoms with van der Waals surface area (Å²) < 4.78 is 1.75. The van der Waals surface area contributed by atoms with Crippen molar-refractivity contribution >= 4 is 5.82 Å². The molecule has 28 heavy (non-hydrogen) atoms. The highest BCUT2D eigenvalue weighted by Gasteiger charge is 2.28. The molecule has 2 fully saturated rings. The molecule has 0 bridgehead atoms. The number of nitrogens with one attached hydrogen (secondary N) is 1. The summed E-state index contributed by atoms with van der Waals surface area (Å²) in [6.45, 7) is 1.99. The first-order chi connectivity index (χ1) is 13.7. The maximum Gasteiger partial charge on any atom is 0.267 e. The Balaban J connectivity index is 1.23. The Hall–Kier alpha value is -2.28. The Morgan fingerprint density at radius 1 is 1.07 bits per heavy atom. The maximum absolute atomic E-state index is 12.3. The molecule has 2 aliphatic carbocycles. The molecular formula is C21H28N6O. The summed E-state index contributed by atoms with van der Waals surface area (Å²) in [6, 6.07) is 6.37. The van der Waals surface area contributed by atoms with Crippen LogP contribution < -0.4 is 10.9 Å². The molecule has 0 saturated heterocycles. The number of fused-ring (bicyclic) bond motifs is 1. The van der Waals surface area contributed by atoms with Crippen LogP contribution in [0.25, 0.3) is 0 Å². The molecule has 0 spiro atoms. The SMILES string of the molecule is CN1CCc2nnc(NC3CCC(n4nc(C5CC5)ccc4=O)CC3)cc2C1. The van der Waals surface area contributed by atoms with E-state index in [0.717, 1.165) is 62.4 Å². The standard InChI is InChI=1S/C21H28N6O/c1-26-11-10-18-15(13-26)12-20(24-23-18)22-16-4-6-17(7-5-16)27-21(28)9-8-19(25-27)14-2-3-14/h8-9,12,14,16-17H,2-7,10-11,13H2,1H3,(H,22,24). The van der Waals surface area contributed by atoms with E-state index in [0.29, 0.717) is 12.0 Å². The van der Waals surface area contributed by atoms with Gasteiger partial charge in [-0.05, 0) is 63.3 Å². The van der Waals surface area contributed by atoms with Gasteiger partial charge in [-0.1, -0.05) is 0 Å². The minimum Gasteiger partial charge on any atom is -0.366 e. The molecule has 148 valence electrons. The van der Waals surface area contributed by atoms with Gasteiger partial charge in [-0.25, -0.2) is 4.68 Å². The predicted molar refractivity (Wildman–Crippen MR) is 107 cm³/mol. The van der Waals surface area contributed by atoms with Gasteiger partial charge in [0.1, 0.15) is 5.82 Å². The molecule has 3 heterocycles. The lowest BCUT2D eigenvalue weighted by Gasteiger charge is -2.30. The van der Waals surface area contributed by atoms with E-state index in [4.69, 9.17) is 0 Å². The van der Waals surface area contributed by atoms with Gasteiger partial charge >= 0.3 is 0 Å². The molecule has 1 N–H and O–H groups in total. The summed E-state index contributed by atoms with van der Waals surface area (Å²) in [7, 11) is 2.14. The summed E-state index contributed by atoms with van der Waals surface area (Å²) in [5.74, 6) is 1.45. The third kappa shape index (κ3) is 3.68. The van der Waals surface area contributed by atoms with E-state index >= 15 is 0 Å². The van der Waals surface area contributed by atoms with Crippen LogP contribution in [0.5, 0.6) is 0 Å². The fourth-order valence-corrected chi connectivity index (χ4v) is 4.51. The van der Waals surface area contributed by atoms with Crippen molar-refractivity contribution in [1.82, 2.24) is 24.9 Å². The number of anilines is 1. The minimum atomic E-state index is 0.0329. The van der Waals surface area contributed by atoms with E-state index in [9.17, 15) is 4.79 Å². The first kappa shape index (κ1) is 17.8. The van der Waals surface area contributed by atoms with Gasteiger partial charge in [-0.15, -0.1) is 5.10 Å². The van der Waals surface area contributed by atoms with Crippen LogP contribution in [0.3, 0.4) is 0 Å². The van der Waals surface area contributed by atoms with E-state index in [2.05, 4.69) is 38.6 Å². The molecule has 7 nitrogen and oxygen atoms in total. The van der Waals surface area contributed by atoms with E-state index in [1.807, 2.05) is 6.07 Å². The maximum atomic E-state index is 12.3. The molecule has 7 heteroatoms. The summed E-state index contributed by atoms with van der Waals surface area (Å²) in [4.78, 5) is 14.6. The fourth-order valence-electron chi connectivity index (χ4n) is 4.51. The number of nitrogens with zero attached hydrogens (tertiary/aromatic N) is 5. The van der Waals surface area contributed by atoms with Gasteiger partial charge in [-0.2, -0.15) is 10.2 Å². The topological polar surface area (TPSA) is 75.9 Å². The molecule has 2 aromatic heterocycles. The van der Waals surface area contributed by atoms with Crippen LogP contribution in [0.1, 0.15) is 67.4 Å². The quantitative estimate of drug-likeness (QED) is 0.878. The molecule has 0 radical (unpaired) electrons. The zero-order valence-corrected chi connectivity index (χ0v) is 16.5. The number of hydrogen-bond acceptors (Lipinski definition) is 6. The van der Waals surface area contributed by atoms with Crippen LogP contribution >= 0.6 is 0 Å². The van der Waals surface area contributed by atoms with Crippen LogP contribution in [-0.2, 0) is 13.0 Å². The van der Waals surface area contributed by atoms with E-state index < -0.39 is 0 Å². The molecule has 0 amide bonds. The summed E-state index contributed by atoms with van der Waals surface area (Å²) >= 11 is 0. The average molecular weight is 380 g/mol. The summed E-state index contributed by atoms with van der Waals surface area (Å²) in [5.41, 5.74) is 3.54. The fraction of sp³-hybridized carbons (Fsp3) is 0.619. The van der Waals surface area contributed by atoms with Crippen molar-refractivity contribution in [2.45, 2.75) is 69.5 Å². The Kier molecular flexibility index (Phi) is 4.62. The van der Waals surface area contributed by atoms with Crippen molar-refractivity contribution in [1.29, 1.82) is 0 Å². The van der Waals surface area contributed by atoms with E-state index in [1.54, 1.807) is 10.7 Å². The van der Waals surface area contributed by atoms with Crippen LogP contribution in [0.4, 0.5) is 5.82 Å². The first-order valence-electron chi connectivity index (χ1n) is 10.6. The normalized spacial score (nSPS) is 25.3. The molecule has 1 aliphatic heterocycles. The zero-order valence-electron chi connectivity index (χ0n) is 16.5. The summed E-state index contributed by atoms with van der Waals surface area (Å²) in [5, 5.41) is 17.1. The molecular weight excluding hydrogens is 352 g/mol. The number of rotatable bonds is 4. The van der Waals surface area contributed by atoms with Crippen molar-refractivity contribution in [3.8, 4) is 0 Å². The van der Waals surface area contributed by atoms with Gasteiger partial charge in [0.15, 0.2) is 0 Å². The Bertz CT molecular complexity index is 913. The van der Waals surface area contributed by atoms with Crippen LogP contribution in [0, 0.1) is 0 Å². The van der Waals surface area contributed by atoms with E-state index in [1.165, 1.54) is 18.4 Å². The van der Waals surface area contributed by atoms with Gasteiger partial charge in [-0.3, -0.25) is 4.79 Å². The van der Waals surface area contributed by atoms with Crippen LogP contribution in [0.15, 0.2) is 23.0 Å². The molecule has 0 atom stereocenters. The first-order valence-corrected chi connectivity index (χ1v) is 10.6. The van der Waals surface area contributed by atoms with Gasteiger partial charge in [0.05, 0.1) is 17.4 Å². The third-order valence-corrected chi connectivity index (χ3v) is 6.37. The second-order valence-electron chi connectivity index (χ2n) is 8.65. The zero-order chi connectivity index (χ0) is 19.1. The second-order valence-corrected chi connectivity index (χ2v) is 8.65. The van der Waals surface area contributed by atoms with Crippen LogP contribution in [0.2, 0.25) is 0 Å². The monoisotopic (exact) mass is 380 g/mol. The van der Waals surface area contributed by atoms with Crippen molar-refractivity contribution in [3.05, 3.63) is 45.5 Å². The van der Waals surface area contributed by atoms with Crippen molar-refractivity contribution < 1.29 is 0 Å². The highest BCUT2D eigenvalue weighted by molar-refractivity contribution is 5.40. The molecule has 0 unspecified atom stereocenters. The highest BCUT2D eigenvalue weighted by atomic mass is 16.1. The number of likely N-dealkylation sites (N-methyl/N-ethyl adjacent to an activating group) is 1. The molecule has 5 rings (SSSR count). The van der Waals surface area contributed by atoms with Crippen LogP contribution in [-0.4, -0.2) is 44.5 Å². The lowest BCUT2D eigenvalue weighted by molar-refractivity contribution is 0.300. The molecule has 3 aliphatic rings. The van der Waals surface area contributed by atoms with Gasteiger partial charge in [0, 0.05) is 37.5 Å². The molecule has 2 saturated carbocycles. The second kappa shape index (κ2) is 7.28. The Morgan fingerprint density at radius 2 is 1.89 bits per heavy atom. The lowest BCUT2D eigenvalue weighted by atomic mass is 9.91. The number of hydrogen-bond donors (Lipinski definition) is 1. The largest absolute Gasteiger partial charge is 0.366 e. The lowest BCUT2D eigenvalue weighted by Crippen LogP contribution is -2.34. The highest BCUT2D eigenvalue weighted by Crippen LogP contribution is 2.38. The van der Waals surface area contributed by atoms with Gasteiger partial charge < -0.3 is 10.2 Å². The van der Waals surface area contributed by atoms with Crippen molar-refractivity contribution in [3.63, 3.8) is 0 Å². The average Bonchev–Trinajstić information content (AvgIpc) is 3.54. The van der Waals surface area contributed by atoms with Crippen molar-refractivity contribution in [2.75, 3.05) is 18.9 Å².